The topological polar surface area (TPSA) is 237 Å². The molecule has 0 aromatic heterocycles. The van der Waals surface area contributed by atoms with Crippen LogP contribution in [0.2, 0.25) is 0 Å². The van der Waals surface area contributed by atoms with Crippen LogP contribution in [0.3, 0.4) is 0 Å². The number of phosphoric ester groups is 2. The third-order valence-corrected chi connectivity index (χ3v) is 18.3. The van der Waals surface area contributed by atoms with Crippen molar-refractivity contribution in [3.05, 3.63) is 0 Å². The first-order valence-corrected chi connectivity index (χ1v) is 39.2. The van der Waals surface area contributed by atoms with Crippen molar-refractivity contribution in [3.63, 3.8) is 0 Å². The number of phosphoric acid groups is 2. The van der Waals surface area contributed by atoms with E-state index in [0.29, 0.717) is 25.7 Å². The SMILES string of the molecule is CCCCCCCCCCCCCCCCCCCCC(=O)O[C@H](COC(=O)CCCCCCCCCCCCC)COP(=O)(O)OC[C@@H](O)COP(=O)(O)OC[C@@H](COC(=O)CCCCCCCCCCC)OC(=O)CCCCCCCCC(C)CC. The number of carbonyl (C=O) groups excluding carboxylic acids is 4. The van der Waals surface area contributed by atoms with E-state index in [1.54, 1.807) is 0 Å². The number of ether oxygens (including phenoxy) is 4. The van der Waals surface area contributed by atoms with Gasteiger partial charge in [0, 0.05) is 25.7 Å². The number of esters is 4. The largest absolute Gasteiger partial charge is 0.472 e. The van der Waals surface area contributed by atoms with Crippen LogP contribution in [0.4, 0.5) is 0 Å². The second-order valence-electron chi connectivity index (χ2n) is 25.2. The average molecular weight is 1300 g/mol. The van der Waals surface area contributed by atoms with E-state index in [9.17, 15) is 43.2 Å². The van der Waals surface area contributed by atoms with Gasteiger partial charge in [-0.1, -0.05) is 304 Å². The fourth-order valence-electron chi connectivity index (χ4n) is 10.4. The zero-order valence-electron chi connectivity index (χ0n) is 56.9. The van der Waals surface area contributed by atoms with Crippen LogP contribution in [0, 0.1) is 5.92 Å². The van der Waals surface area contributed by atoms with Gasteiger partial charge in [0.15, 0.2) is 12.2 Å². The first-order chi connectivity index (χ1) is 42.6. The van der Waals surface area contributed by atoms with Crippen molar-refractivity contribution in [3.8, 4) is 0 Å². The fraction of sp³-hybridized carbons (Fsp3) is 0.942. The number of unbranched alkanes of at least 4 members (excludes halogenated alkanes) is 40. The molecule has 0 fully saturated rings. The van der Waals surface area contributed by atoms with Gasteiger partial charge in [-0.05, 0) is 31.6 Å². The fourth-order valence-corrected chi connectivity index (χ4v) is 12.0. The highest BCUT2D eigenvalue weighted by molar-refractivity contribution is 7.47. The Morgan fingerprint density at radius 2 is 0.545 bits per heavy atom. The Kier molecular flexibility index (Phi) is 61.1. The van der Waals surface area contributed by atoms with Crippen LogP contribution in [-0.2, 0) is 65.4 Å². The van der Waals surface area contributed by atoms with Crippen molar-refractivity contribution in [2.75, 3.05) is 39.6 Å². The molecule has 3 N–H and O–H groups in total. The number of hydrogen-bond acceptors (Lipinski definition) is 15. The van der Waals surface area contributed by atoms with Crippen LogP contribution >= 0.6 is 15.6 Å². The second-order valence-corrected chi connectivity index (χ2v) is 28.1. The molecule has 522 valence electrons. The van der Waals surface area contributed by atoms with Gasteiger partial charge in [-0.2, -0.15) is 0 Å². The summed E-state index contributed by atoms with van der Waals surface area (Å²) in [5.41, 5.74) is 0. The monoisotopic (exact) mass is 1300 g/mol. The summed E-state index contributed by atoms with van der Waals surface area (Å²) in [4.78, 5) is 72.4. The quantitative estimate of drug-likeness (QED) is 0.0222. The highest BCUT2D eigenvalue weighted by atomic mass is 31.2. The minimum atomic E-state index is -4.95. The van der Waals surface area contributed by atoms with Gasteiger partial charge in [-0.3, -0.25) is 37.3 Å². The lowest BCUT2D eigenvalue weighted by atomic mass is 10.00. The Morgan fingerprint density at radius 1 is 0.318 bits per heavy atom. The third-order valence-electron chi connectivity index (χ3n) is 16.4. The Labute approximate surface area is 537 Å². The molecule has 0 aromatic carbocycles. The summed E-state index contributed by atoms with van der Waals surface area (Å²) in [6.45, 7) is 7.17. The standard InChI is InChI=1S/C69H134O17P2/c1-6-10-13-16-19-22-24-25-26-27-28-29-30-32-35-38-44-49-54-68(73)85-64(58-80-67(72)53-48-43-37-34-31-23-20-17-14-11-7-2)60-83-87(75,76)81-56-63(70)57-82-88(77,78)84-61-65(59-79-66(71)52-47-42-36-33-21-18-15-12-8-3)86-69(74)55-50-45-40-39-41-46-51-62(5)9-4/h62-65,70H,6-61H2,1-5H3,(H,75,76)(H,77,78)/t62?,63-,64-,65-/m1/s1. The highest BCUT2D eigenvalue weighted by Gasteiger charge is 2.30. The Bertz CT molecular complexity index is 1710. The molecule has 0 aromatic rings. The maximum Gasteiger partial charge on any atom is 0.472 e. The van der Waals surface area contributed by atoms with Crippen molar-refractivity contribution >= 4 is 39.5 Å². The molecule has 3 unspecified atom stereocenters. The molecule has 6 atom stereocenters. The number of aliphatic hydroxyl groups is 1. The molecule has 0 spiro atoms. The summed E-state index contributed by atoms with van der Waals surface area (Å²) in [5, 5.41) is 10.6. The Balaban J connectivity index is 5.20. The van der Waals surface area contributed by atoms with Gasteiger partial charge in [0.2, 0.25) is 0 Å². The minimum Gasteiger partial charge on any atom is -0.462 e. The summed E-state index contributed by atoms with van der Waals surface area (Å²) in [5.74, 6) is -1.41. The molecular weight excluding hydrogens is 1160 g/mol. The lowest BCUT2D eigenvalue weighted by Crippen LogP contribution is -2.30. The molecule has 0 amide bonds. The van der Waals surface area contributed by atoms with Crippen molar-refractivity contribution in [1.29, 1.82) is 0 Å². The van der Waals surface area contributed by atoms with E-state index in [-0.39, 0.29) is 25.7 Å². The first kappa shape index (κ1) is 86.1. The van der Waals surface area contributed by atoms with Crippen LogP contribution in [0.25, 0.3) is 0 Å². The maximum absolute atomic E-state index is 13.0. The van der Waals surface area contributed by atoms with E-state index < -0.39 is 97.5 Å². The van der Waals surface area contributed by atoms with Crippen molar-refractivity contribution < 1.29 is 80.2 Å². The number of hydrogen-bond donors (Lipinski definition) is 3. The van der Waals surface area contributed by atoms with Gasteiger partial charge < -0.3 is 33.8 Å². The Morgan fingerprint density at radius 3 is 0.807 bits per heavy atom. The van der Waals surface area contributed by atoms with Gasteiger partial charge in [0.05, 0.1) is 26.4 Å². The van der Waals surface area contributed by atoms with Crippen molar-refractivity contribution in [2.45, 2.75) is 374 Å². The number of rotatable bonds is 69. The normalized spacial score (nSPS) is 14.4. The van der Waals surface area contributed by atoms with Crippen LogP contribution in [-0.4, -0.2) is 96.7 Å². The van der Waals surface area contributed by atoms with Crippen LogP contribution in [0.15, 0.2) is 0 Å². The lowest BCUT2D eigenvalue weighted by molar-refractivity contribution is -0.161. The molecule has 0 bridgehead atoms. The van der Waals surface area contributed by atoms with Gasteiger partial charge in [-0.25, -0.2) is 9.13 Å². The molecule has 0 saturated heterocycles. The van der Waals surface area contributed by atoms with Gasteiger partial charge in [0.1, 0.15) is 19.3 Å². The predicted molar refractivity (Wildman–Crippen MR) is 354 cm³/mol. The molecule has 0 aliphatic heterocycles. The van der Waals surface area contributed by atoms with E-state index in [1.807, 2.05) is 0 Å². The van der Waals surface area contributed by atoms with Crippen LogP contribution in [0.5, 0.6) is 0 Å². The molecule has 0 aliphatic carbocycles. The van der Waals surface area contributed by atoms with E-state index in [1.165, 1.54) is 180 Å². The van der Waals surface area contributed by atoms with E-state index in [0.717, 1.165) is 95.8 Å². The van der Waals surface area contributed by atoms with E-state index in [4.69, 9.17) is 37.0 Å². The zero-order chi connectivity index (χ0) is 64.9. The lowest BCUT2D eigenvalue weighted by Gasteiger charge is -2.21. The molecule has 19 heteroatoms. The molecule has 88 heavy (non-hydrogen) atoms. The molecule has 0 heterocycles. The van der Waals surface area contributed by atoms with Crippen LogP contribution in [0.1, 0.15) is 356 Å². The summed E-state index contributed by atoms with van der Waals surface area (Å²) in [7, 11) is -9.89. The smallest absolute Gasteiger partial charge is 0.462 e. The van der Waals surface area contributed by atoms with Gasteiger partial charge >= 0.3 is 39.5 Å². The number of carbonyl (C=O) groups is 4. The van der Waals surface area contributed by atoms with Gasteiger partial charge in [0.25, 0.3) is 0 Å². The summed E-state index contributed by atoms with van der Waals surface area (Å²) >= 11 is 0. The first-order valence-electron chi connectivity index (χ1n) is 36.2. The average Bonchev–Trinajstić information content (AvgIpc) is 3.70. The van der Waals surface area contributed by atoms with E-state index >= 15 is 0 Å². The minimum absolute atomic E-state index is 0.103. The second kappa shape index (κ2) is 62.5. The number of aliphatic hydroxyl groups excluding tert-OH is 1. The highest BCUT2D eigenvalue weighted by Crippen LogP contribution is 2.45. The maximum atomic E-state index is 13.0. The van der Waals surface area contributed by atoms with Crippen molar-refractivity contribution in [2.24, 2.45) is 5.92 Å². The molecule has 17 nitrogen and oxygen atoms in total. The molecule has 0 saturated carbocycles. The van der Waals surface area contributed by atoms with Crippen LogP contribution < -0.4 is 0 Å². The zero-order valence-corrected chi connectivity index (χ0v) is 58.6. The van der Waals surface area contributed by atoms with Gasteiger partial charge in [-0.15, -0.1) is 0 Å². The summed E-state index contributed by atoms with van der Waals surface area (Å²) < 4.78 is 68.2. The summed E-state index contributed by atoms with van der Waals surface area (Å²) in [6, 6.07) is 0. The molecule has 0 rings (SSSR count). The van der Waals surface area contributed by atoms with E-state index in [2.05, 4.69) is 34.6 Å². The molecule has 0 aliphatic rings. The summed E-state index contributed by atoms with van der Waals surface area (Å²) in [6.07, 6.45) is 48.6. The molecular formula is C69H134O17P2. The predicted octanol–water partition coefficient (Wildman–Crippen LogP) is 19.7. The third kappa shape index (κ3) is 61.6. The van der Waals surface area contributed by atoms with Crippen molar-refractivity contribution in [1.82, 2.24) is 0 Å². The molecule has 0 radical (unpaired) electrons. The Hall–Kier alpha value is -1.94.